The summed E-state index contributed by atoms with van der Waals surface area (Å²) < 4.78 is 5.29. The van der Waals surface area contributed by atoms with Gasteiger partial charge in [0.1, 0.15) is 5.75 Å². The highest BCUT2D eigenvalue weighted by Crippen LogP contribution is 2.25. The molecule has 1 saturated carbocycles. The lowest BCUT2D eigenvalue weighted by Gasteiger charge is -2.14. The van der Waals surface area contributed by atoms with E-state index in [-0.39, 0.29) is 0 Å². The Kier molecular flexibility index (Phi) is 4.06. The summed E-state index contributed by atoms with van der Waals surface area (Å²) in [6.07, 6.45) is 3.95. The Morgan fingerprint density at radius 3 is 2.76 bits per heavy atom. The van der Waals surface area contributed by atoms with Crippen LogP contribution in [0.2, 0.25) is 0 Å². The molecule has 1 aromatic rings. The van der Waals surface area contributed by atoms with Crippen LogP contribution in [0.1, 0.15) is 43.2 Å². The number of nitrogens with one attached hydrogen (secondary N) is 1. The molecule has 94 valence electrons. The van der Waals surface area contributed by atoms with Crippen LogP contribution in [0.4, 0.5) is 0 Å². The number of ether oxygens (including phenoxy) is 1. The largest absolute Gasteiger partial charge is 0.496 e. The van der Waals surface area contributed by atoms with E-state index in [4.69, 9.17) is 4.74 Å². The summed E-state index contributed by atoms with van der Waals surface area (Å²) in [6.45, 7) is 5.55. The van der Waals surface area contributed by atoms with Crippen LogP contribution >= 0.6 is 0 Å². The molecular formula is C15H23NO. The SMILES string of the molecule is COc1ccc(C(C)CCNC2CC2)cc1C. The standard InChI is InChI=1S/C15H23NO/c1-11(8-9-16-14-5-6-14)13-4-7-15(17-3)12(2)10-13/h4,7,10-11,14,16H,5-6,8-9H2,1-3H3. The molecule has 0 aliphatic heterocycles. The van der Waals surface area contributed by atoms with Crippen molar-refractivity contribution in [1.82, 2.24) is 5.32 Å². The van der Waals surface area contributed by atoms with Crippen LogP contribution in [-0.4, -0.2) is 19.7 Å². The second-order valence-corrected chi connectivity index (χ2v) is 5.15. The quantitative estimate of drug-likeness (QED) is 0.814. The van der Waals surface area contributed by atoms with Crippen LogP contribution in [0.5, 0.6) is 5.75 Å². The minimum Gasteiger partial charge on any atom is -0.496 e. The Morgan fingerprint density at radius 1 is 1.41 bits per heavy atom. The Balaban J connectivity index is 1.88. The fourth-order valence-corrected chi connectivity index (χ4v) is 2.17. The molecule has 1 aliphatic rings. The van der Waals surface area contributed by atoms with Crippen molar-refractivity contribution in [3.63, 3.8) is 0 Å². The summed E-state index contributed by atoms with van der Waals surface area (Å²) in [4.78, 5) is 0. The van der Waals surface area contributed by atoms with Gasteiger partial charge in [0.2, 0.25) is 0 Å². The van der Waals surface area contributed by atoms with E-state index in [0.717, 1.165) is 18.3 Å². The van der Waals surface area contributed by atoms with Gasteiger partial charge in [0.15, 0.2) is 0 Å². The highest BCUT2D eigenvalue weighted by molar-refractivity contribution is 5.37. The molecule has 1 fully saturated rings. The molecule has 0 bridgehead atoms. The smallest absolute Gasteiger partial charge is 0.121 e. The van der Waals surface area contributed by atoms with Crippen molar-refractivity contribution in [3.05, 3.63) is 29.3 Å². The van der Waals surface area contributed by atoms with Gasteiger partial charge in [0.05, 0.1) is 7.11 Å². The number of aryl methyl sites for hydroxylation is 1. The molecule has 0 aromatic heterocycles. The normalized spacial score (nSPS) is 16.9. The summed E-state index contributed by atoms with van der Waals surface area (Å²) in [5.74, 6) is 1.60. The van der Waals surface area contributed by atoms with Crippen molar-refractivity contribution in [2.45, 2.75) is 45.1 Å². The molecule has 1 N–H and O–H groups in total. The Bertz CT molecular complexity index is 371. The predicted molar refractivity (Wildman–Crippen MR) is 71.8 cm³/mol. The molecule has 1 aromatic carbocycles. The van der Waals surface area contributed by atoms with Crippen molar-refractivity contribution in [3.8, 4) is 5.75 Å². The van der Waals surface area contributed by atoms with Crippen molar-refractivity contribution < 1.29 is 4.74 Å². The van der Waals surface area contributed by atoms with Crippen LogP contribution < -0.4 is 10.1 Å². The first-order chi connectivity index (χ1) is 8.20. The van der Waals surface area contributed by atoms with E-state index in [1.807, 2.05) is 0 Å². The summed E-state index contributed by atoms with van der Waals surface area (Å²) >= 11 is 0. The van der Waals surface area contributed by atoms with Gasteiger partial charge in [-0.1, -0.05) is 19.1 Å². The average molecular weight is 233 g/mol. The molecule has 1 atom stereocenters. The maximum absolute atomic E-state index is 5.29. The molecule has 2 rings (SSSR count). The fraction of sp³-hybridized carbons (Fsp3) is 0.600. The van der Waals surface area contributed by atoms with Crippen LogP contribution in [0.25, 0.3) is 0 Å². The average Bonchev–Trinajstić information content (AvgIpc) is 3.13. The summed E-state index contributed by atoms with van der Waals surface area (Å²) in [7, 11) is 1.73. The molecular weight excluding hydrogens is 210 g/mol. The topological polar surface area (TPSA) is 21.3 Å². The number of rotatable bonds is 6. The molecule has 2 heteroatoms. The Morgan fingerprint density at radius 2 is 2.18 bits per heavy atom. The molecule has 1 unspecified atom stereocenters. The van der Waals surface area contributed by atoms with E-state index in [0.29, 0.717) is 5.92 Å². The lowest BCUT2D eigenvalue weighted by atomic mass is 9.96. The van der Waals surface area contributed by atoms with Gasteiger partial charge in [-0.3, -0.25) is 0 Å². The minimum atomic E-state index is 0.617. The molecule has 1 aliphatic carbocycles. The van der Waals surface area contributed by atoms with Crippen LogP contribution in [0.15, 0.2) is 18.2 Å². The number of hydrogen-bond acceptors (Lipinski definition) is 2. The fourth-order valence-electron chi connectivity index (χ4n) is 2.17. The van der Waals surface area contributed by atoms with Crippen LogP contribution in [0, 0.1) is 6.92 Å². The molecule has 0 radical (unpaired) electrons. The third-order valence-electron chi connectivity index (χ3n) is 3.58. The van der Waals surface area contributed by atoms with E-state index in [9.17, 15) is 0 Å². The minimum absolute atomic E-state index is 0.617. The van der Waals surface area contributed by atoms with Crippen LogP contribution in [-0.2, 0) is 0 Å². The van der Waals surface area contributed by atoms with Gasteiger partial charge in [-0.15, -0.1) is 0 Å². The van der Waals surface area contributed by atoms with E-state index in [2.05, 4.69) is 37.4 Å². The first-order valence-electron chi connectivity index (χ1n) is 6.58. The molecule has 0 heterocycles. The van der Waals surface area contributed by atoms with Gasteiger partial charge in [0.25, 0.3) is 0 Å². The third kappa shape index (κ3) is 3.47. The predicted octanol–water partition coefficient (Wildman–Crippen LogP) is 3.25. The van der Waals surface area contributed by atoms with Gasteiger partial charge in [-0.05, 0) is 55.8 Å². The van der Waals surface area contributed by atoms with Crippen molar-refractivity contribution in [2.24, 2.45) is 0 Å². The third-order valence-corrected chi connectivity index (χ3v) is 3.58. The van der Waals surface area contributed by atoms with Gasteiger partial charge in [0, 0.05) is 6.04 Å². The van der Waals surface area contributed by atoms with Crippen LogP contribution in [0.3, 0.4) is 0 Å². The maximum atomic E-state index is 5.29. The second kappa shape index (κ2) is 5.54. The maximum Gasteiger partial charge on any atom is 0.121 e. The summed E-state index contributed by atoms with van der Waals surface area (Å²) in [5, 5.41) is 3.57. The Labute approximate surface area is 104 Å². The van der Waals surface area contributed by atoms with E-state index in [1.165, 1.54) is 30.4 Å². The van der Waals surface area contributed by atoms with Crippen molar-refractivity contribution in [1.29, 1.82) is 0 Å². The molecule has 0 amide bonds. The molecule has 0 spiro atoms. The zero-order chi connectivity index (χ0) is 12.3. The van der Waals surface area contributed by atoms with Gasteiger partial charge in [-0.2, -0.15) is 0 Å². The first-order valence-corrected chi connectivity index (χ1v) is 6.58. The van der Waals surface area contributed by atoms with Gasteiger partial charge >= 0.3 is 0 Å². The highest BCUT2D eigenvalue weighted by Gasteiger charge is 2.20. The molecule has 17 heavy (non-hydrogen) atoms. The van der Waals surface area contributed by atoms with Gasteiger partial charge in [-0.25, -0.2) is 0 Å². The lowest BCUT2D eigenvalue weighted by Crippen LogP contribution is -2.19. The highest BCUT2D eigenvalue weighted by atomic mass is 16.5. The van der Waals surface area contributed by atoms with Crippen molar-refractivity contribution >= 4 is 0 Å². The molecule has 0 saturated heterocycles. The second-order valence-electron chi connectivity index (χ2n) is 5.15. The Hall–Kier alpha value is -1.02. The van der Waals surface area contributed by atoms with E-state index in [1.54, 1.807) is 7.11 Å². The van der Waals surface area contributed by atoms with E-state index < -0.39 is 0 Å². The number of methoxy groups -OCH3 is 1. The summed E-state index contributed by atoms with van der Waals surface area (Å²) in [6, 6.07) is 7.34. The number of benzene rings is 1. The zero-order valence-electron chi connectivity index (χ0n) is 11.1. The first kappa shape index (κ1) is 12.4. The number of hydrogen-bond donors (Lipinski definition) is 1. The van der Waals surface area contributed by atoms with Gasteiger partial charge < -0.3 is 10.1 Å². The lowest BCUT2D eigenvalue weighted by molar-refractivity contribution is 0.411. The van der Waals surface area contributed by atoms with Crippen molar-refractivity contribution in [2.75, 3.05) is 13.7 Å². The monoisotopic (exact) mass is 233 g/mol. The molecule has 2 nitrogen and oxygen atoms in total. The van der Waals surface area contributed by atoms with E-state index >= 15 is 0 Å². The summed E-state index contributed by atoms with van der Waals surface area (Å²) in [5.41, 5.74) is 2.65. The zero-order valence-corrected chi connectivity index (χ0v) is 11.1.